The average molecular weight is 350 g/mol. The van der Waals surface area contributed by atoms with E-state index in [4.69, 9.17) is 17.0 Å². The van der Waals surface area contributed by atoms with Crippen molar-refractivity contribution < 1.29 is 9.53 Å². The van der Waals surface area contributed by atoms with Crippen molar-refractivity contribution in [2.45, 2.75) is 20.8 Å². The number of ether oxygens (including phenoxy) is 1. The van der Waals surface area contributed by atoms with Gasteiger partial charge in [0.25, 0.3) is 0 Å². The second-order valence-corrected chi connectivity index (χ2v) is 5.52. The second-order valence-electron chi connectivity index (χ2n) is 5.11. The number of benzene rings is 1. The molecule has 0 fully saturated rings. The van der Waals surface area contributed by atoms with Crippen LogP contribution in [0.4, 0.5) is 0 Å². The zero-order chi connectivity index (χ0) is 17.8. The van der Waals surface area contributed by atoms with Crippen molar-refractivity contribution in [3.63, 3.8) is 0 Å². The van der Waals surface area contributed by atoms with Crippen LogP contribution in [-0.2, 0) is 4.79 Å². The molecule has 0 bridgehead atoms. The summed E-state index contributed by atoms with van der Waals surface area (Å²) in [5.74, 6) is 0.571. The Balaban J connectivity index is 2.35. The summed E-state index contributed by atoms with van der Waals surface area (Å²) in [6, 6.07) is 7.55. The van der Waals surface area contributed by atoms with Gasteiger partial charge in [-0.2, -0.15) is 0 Å². The molecular weight excluding hydrogens is 322 g/mol. The normalized spacial score (nSPS) is 10.8. The Labute approximate surface area is 150 Å². The van der Waals surface area contributed by atoms with E-state index in [9.17, 15) is 4.79 Å². The molecule has 2 N–H and O–H groups in total. The van der Waals surface area contributed by atoms with Crippen molar-refractivity contribution in [3.8, 4) is 5.75 Å². The van der Waals surface area contributed by atoms with Crippen molar-refractivity contribution in [1.29, 1.82) is 0 Å². The van der Waals surface area contributed by atoms with Gasteiger partial charge < -0.3 is 15.0 Å². The fourth-order valence-corrected chi connectivity index (χ4v) is 2.28. The lowest BCUT2D eigenvalue weighted by atomic mass is 10.2. The third-order valence-corrected chi connectivity index (χ3v) is 3.71. The quantitative estimate of drug-likeness (QED) is 0.530. The van der Waals surface area contributed by atoms with Gasteiger partial charge in [-0.25, -0.2) is 0 Å². The number of hydrogen-bond donors (Lipinski definition) is 2. The molecule has 1 amide bonds. The molecule has 24 heavy (non-hydrogen) atoms. The van der Waals surface area contributed by atoms with E-state index in [1.807, 2.05) is 31.2 Å². The topological polar surface area (TPSA) is 53.6 Å². The number of hydrogen-bond acceptors (Lipinski definition) is 4. The first-order chi connectivity index (χ1) is 11.6. The van der Waals surface area contributed by atoms with Crippen LogP contribution in [0.1, 0.15) is 26.3 Å². The van der Waals surface area contributed by atoms with Gasteiger partial charge in [-0.3, -0.25) is 10.1 Å². The first kappa shape index (κ1) is 20.1. The Bertz CT molecular complexity index is 540. The molecule has 0 atom stereocenters. The Kier molecular flexibility index (Phi) is 9.72. The molecule has 0 aliphatic rings. The maximum atomic E-state index is 11.8. The van der Waals surface area contributed by atoms with Gasteiger partial charge in [0.2, 0.25) is 5.91 Å². The summed E-state index contributed by atoms with van der Waals surface area (Å²) in [5.41, 5.74) is 0.925. The van der Waals surface area contributed by atoms with E-state index >= 15 is 0 Å². The van der Waals surface area contributed by atoms with E-state index in [-0.39, 0.29) is 5.91 Å². The molecule has 1 aromatic carbocycles. The molecule has 0 aromatic heterocycles. The highest BCUT2D eigenvalue weighted by atomic mass is 32.1. The number of nitrogens with zero attached hydrogens (tertiary/aromatic N) is 1. The molecule has 1 aromatic rings. The van der Waals surface area contributed by atoms with Crippen molar-refractivity contribution >= 4 is 29.3 Å². The molecule has 1 rings (SSSR count). The molecule has 5 nitrogen and oxygen atoms in total. The smallest absolute Gasteiger partial charge is 0.250 e. The summed E-state index contributed by atoms with van der Waals surface area (Å²) in [5, 5.41) is 6.03. The summed E-state index contributed by atoms with van der Waals surface area (Å²) in [6.07, 6.45) is 3.21. The number of carbonyl (C=O) groups is 1. The minimum atomic E-state index is -0.246. The molecule has 0 aliphatic carbocycles. The van der Waals surface area contributed by atoms with E-state index < -0.39 is 0 Å². The average Bonchev–Trinajstić information content (AvgIpc) is 2.58. The molecule has 0 saturated heterocycles. The standard InChI is InChI=1S/C18H27N3O2S/c1-4-21(5-2)14-13-19-18(24)20-17(22)12-9-15-7-10-16(11-8-15)23-6-3/h7-12H,4-6,13-14H2,1-3H3,(H2,19,20,22,24)/b12-9+. The van der Waals surface area contributed by atoms with Gasteiger partial charge in [0.05, 0.1) is 6.61 Å². The van der Waals surface area contributed by atoms with Gasteiger partial charge in [-0.05, 0) is 56.0 Å². The van der Waals surface area contributed by atoms with Gasteiger partial charge in [0, 0.05) is 19.2 Å². The van der Waals surface area contributed by atoms with E-state index in [0.717, 1.165) is 30.9 Å². The number of likely N-dealkylation sites (N-methyl/N-ethyl adjacent to an activating group) is 1. The van der Waals surface area contributed by atoms with Crippen LogP contribution in [0, 0.1) is 0 Å². The first-order valence-electron chi connectivity index (χ1n) is 8.31. The number of nitrogens with one attached hydrogen (secondary N) is 2. The second kappa shape index (κ2) is 11.6. The van der Waals surface area contributed by atoms with E-state index in [0.29, 0.717) is 18.3 Å². The van der Waals surface area contributed by atoms with Crippen LogP contribution in [-0.4, -0.2) is 48.7 Å². The predicted molar refractivity (Wildman–Crippen MR) is 103 cm³/mol. The lowest BCUT2D eigenvalue weighted by Crippen LogP contribution is -2.42. The number of rotatable bonds is 9. The van der Waals surface area contributed by atoms with Gasteiger partial charge >= 0.3 is 0 Å². The number of thiocarbonyl (C=S) groups is 1. The van der Waals surface area contributed by atoms with E-state index in [1.165, 1.54) is 6.08 Å². The SMILES string of the molecule is CCOc1ccc(/C=C/C(=O)NC(=S)NCCN(CC)CC)cc1. The number of carbonyl (C=O) groups excluding carboxylic acids is 1. The predicted octanol–water partition coefficient (Wildman–Crippen LogP) is 2.43. The number of amides is 1. The maximum absolute atomic E-state index is 11.8. The van der Waals surface area contributed by atoms with Crippen LogP contribution < -0.4 is 15.4 Å². The molecule has 0 heterocycles. The van der Waals surface area contributed by atoms with Crippen LogP contribution in [0.2, 0.25) is 0 Å². The van der Waals surface area contributed by atoms with Crippen molar-refractivity contribution in [1.82, 2.24) is 15.5 Å². The minimum Gasteiger partial charge on any atom is -0.494 e. The van der Waals surface area contributed by atoms with Crippen molar-refractivity contribution in [3.05, 3.63) is 35.9 Å². The molecule has 0 spiro atoms. The van der Waals surface area contributed by atoms with Gasteiger partial charge in [0.1, 0.15) is 5.75 Å². The Morgan fingerprint density at radius 3 is 2.46 bits per heavy atom. The molecule has 0 aliphatic heterocycles. The molecule has 132 valence electrons. The highest BCUT2D eigenvalue weighted by molar-refractivity contribution is 7.80. The lowest BCUT2D eigenvalue weighted by molar-refractivity contribution is -0.115. The summed E-state index contributed by atoms with van der Waals surface area (Å²) in [7, 11) is 0. The summed E-state index contributed by atoms with van der Waals surface area (Å²) in [4.78, 5) is 14.1. The Morgan fingerprint density at radius 2 is 1.88 bits per heavy atom. The van der Waals surface area contributed by atoms with Crippen molar-refractivity contribution in [2.24, 2.45) is 0 Å². The summed E-state index contributed by atoms with van der Waals surface area (Å²) in [6.45, 7) is 10.4. The van der Waals surface area contributed by atoms with Crippen LogP contribution in [0.15, 0.2) is 30.3 Å². The Hall–Kier alpha value is -1.92. The van der Waals surface area contributed by atoms with Gasteiger partial charge in [-0.15, -0.1) is 0 Å². The monoisotopic (exact) mass is 349 g/mol. The molecule has 6 heteroatoms. The third kappa shape index (κ3) is 8.08. The molecule has 0 radical (unpaired) electrons. The largest absolute Gasteiger partial charge is 0.494 e. The highest BCUT2D eigenvalue weighted by Crippen LogP contribution is 2.12. The first-order valence-corrected chi connectivity index (χ1v) is 8.71. The van der Waals surface area contributed by atoms with Gasteiger partial charge in [-0.1, -0.05) is 26.0 Å². The molecular formula is C18H27N3O2S. The van der Waals surface area contributed by atoms with Crippen LogP contribution in [0.3, 0.4) is 0 Å². The fourth-order valence-electron chi connectivity index (χ4n) is 2.08. The van der Waals surface area contributed by atoms with E-state index in [2.05, 4.69) is 29.4 Å². The van der Waals surface area contributed by atoms with Crippen LogP contribution >= 0.6 is 12.2 Å². The van der Waals surface area contributed by atoms with Gasteiger partial charge in [0.15, 0.2) is 5.11 Å². The fraction of sp³-hybridized carbons (Fsp3) is 0.444. The lowest BCUT2D eigenvalue weighted by Gasteiger charge is -2.18. The molecule has 0 unspecified atom stereocenters. The summed E-state index contributed by atoms with van der Waals surface area (Å²) >= 11 is 5.12. The minimum absolute atomic E-state index is 0.246. The zero-order valence-corrected chi connectivity index (χ0v) is 15.5. The molecule has 0 saturated carbocycles. The van der Waals surface area contributed by atoms with Crippen molar-refractivity contribution in [2.75, 3.05) is 32.8 Å². The Morgan fingerprint density at radius 1 is 1.21 bits per heavy atom. The van der Waals surface area contributed by atoms with Crippen LogP contribution in [0.25, 0.3) is 6.08 Å². The zero-order valence-electron chi connectivity index (χ0n) is 14.7. The third-order valence-electron chi connectivity index (χ3n) is 3.46. The van der Waals surface area contributed by atoms with E-state index in [1.54, 1.807) is 6.08 Å². The maximum Gasteiger partial charge on any atom is 0.250 e. The van der Waals surface area contributed by atoms with Crippen LogP contribution in [0.5, 0.6) is 5.75 Å². The summed E-state index contributed by atoms with van der Waals surface area (Å²) < 4.78 is 5.38. The highest BCUT2D eigenvalue weighted by Gasteiger charge is 2.02.